The molecule has 0 spiro atoms. The van der Waals surface area contributed by atoms with E-state index >= 15 is 0 Å². The van der Waals surface area contributed by atoms with Crippen molar-refractivity contribution in [2.24, 2.45) is 7.05 Å². The molecule has 0 amide bonds. The van der Waals surface area contributed by atoms with Gasteiger partial charge < -0.3 is 9.84 Å². The van der Waals surface area contributed by atoms with Gasteiger partial charge in [-0.25, -0.2) is 8.42 Å². The minimum atomic E-state index is -3.19. The summed E-state index contributed by atoms with van der Waals surface area (Å²) in [6, 6.07) is 5.20. The zero-order valence-electron chi connectivity index (χ0n) is 11.8. The van der Waals surface area contributed by atoms with Crippen molar-refractivity contribution in [1.29, 1.82) is 0 Å². The molecule has 1 aliphatic heterocycles. The molecule has 1 aromatic carbocycles. The maximum absolute atomic E-state index is 12.0. The van der Waals surface area contributed by atoms with Crippen LogP contribution in [0.3, 0.4) is 0 Å². The topological polar surface area (TPSA) is 81.4 Å². The quantitative estimate of drug-likeness (QED) is 0.912. The fourth-order valence-corrected chi connectivity index (χ4v) is 4.23. The molecule has 0 bridgehead atoms. The van der Waals surface area contributed by atoms with Crippen molar-refractivity contribution in [2.75, 3.05) is 12.9 Å². The fourth-order valence-electron chi connectivity index (χ4n) is 2.67. The van der Waals surface area contributed by atoms with Gasteiger partial charge in [0.1, 0.15) is 5.75 Å². The fraction of sp³-hybridized carbons (Fsp3) is 0.357. The number of aromatic nitrogens is 2. The number of benzene rings is 1. The van der Waals surface area contributed by atoms with Gasteiger partial charge in [-0.05, 0) is 30.2 Å². The van der Waals surface area contributed by atoms with Gasteiger partial charge in [0.2, 0.25) is 0 Å². The molecule has 0 radical (unpaired) electrons. The van der Waals surface area contributed by atoms with Gasteiger partial charge in [-0.3, -0.25) is 4.68 Å². The normalized spacial score (nSPS) is 16.0. The van der Waals surface area contributed by atoms with E-state index in [-0.39, 0.29) is 12.4 Å². The minimum Gasteiger partial charge on any atom is -0.496 e. The van der Waals surface area contributed by atoms with E-state index in [1.807, 2.05) is 6.07 Å². The lowest BCUT2D eigenvalue weighted by atomic mass is 10.0. The van der Waals surface area contributed by atoms with Gasteiger partial charge >= 0.3 is 0 Å². The summed E-state index contributed by atoms with van der Waals surface area (Å²) in [7, 11) is 0.0966. The summed E-state index contributed by atoms with van der Waals surface area (Å²) in [4.78, 5) is 0.354. The van der Waals surface area contributed by atoms with E-state index in [4.69, 9.17) is 4.74 Å². The molecule has 0 fully saturated rings. The van der Waals surface area contributed by atoms with E-state index in [0.717, 1.165) is 16.8 Å². The largest absolute Gasteiger partial charge is 0.496 e. The Morgan fingerprint density at radius 2 is 2.14 bits per heavy atom. The monoisotopic (exact) mass is 308 g/mol. The van der Waals surface area contributed by atoms with Gasteiger partial charge in [0.05, 0.1) is 35.8 Å². The molecule has 0 unspecified atom stereocenters. The van der Waals surface area contributed by atoms with Crippen LogP contribution >= 0.6 is 0 Å². The number of aliphatic hydroxyl groups excluding tert-OH is 1. The summed E-state index contributed by atoms with van der Waals surface area (Å²) >= 11 is 0. The van der Waals surface area contributed by atoms with Gasteiger partial charge in [0.25, 0.3) is 0 Å². The molecule has 0 saturated heterocycles. The summed E-state index contributed by atoms with van der Waals surface area (Å²) in [5.74, 6) is 0.633. The lowest BCUT2D eigenvalue weighted by Gasteiger charge is -2.11. The van der Waals surface area contributed by atoms with Crippen LogP contribution in [0.25, 0.3) is 11.3 Å². The summed E-state index contributed by atoms with van der Waals surface area (Å²) < 4.78 is 31.0. The van der Waals surface area contributed by atoms with Crippen molar-refractivity contribution in [2.45, 2.75) is 17.9 Å². The summed E-state index contributed by atoms with van der Waals surface area (Å²) in [6.45, 7) is -0.143. The van der Waals surface area contributed by atoms with E-state index in [1.165, 1.54) is 7.11 Å². The van der Waals surface area contributed by atoms with E-state index in [9.17, 15) is 13.5 Å². The first-order valence-corrected chi connectivity index (χ1v) is 8.19. The Kier molecular flexibility index (Phi) is 3.26. The molecule has 0 atom stereocenters. The van der Waals surface area contributed by atoms with Crippen LogP contribution in [0.5, 0.6) is 5.75 Å². The summed E-state index contributed by atoms with van der Waals surface area (Å²) in [6.07, 6.45) is 0.513. The molecule has 1 aliphatic rings. The summed E-state index contributed by atoms with van der Waals surface area (Å²) in [5, 5.41) is 13.4. The predicted octanol–water partition coefficient (Wildman–Crippen LogP) is 0.918. The zero-order chi connectivity index (χ0) is 15.2. The van der Waals surface area contributed by atoms with Crippen molar-refractivity contribution < 1.29 is 18.3 Å². The molecule has 0 aliphatic carbocycles. The number of sulfone groups is 1. The van der Waals surface area contributed by atoms with Crippen molar-refractivity contribution in [3.05, 3.63) is 29.5 Å². The van der Waals surface area contributed by atoms with Crippen LogP contribution in [0.2, 0.25) is 0 Å². The summed E-state index contributed by atoms with van der Waals surface area (Å²) in [5.41, 5.74) is 2.92. The van der Waals surface area contributed by atoms with Gasteiger partial charge in [-0.1, -0.05) is 0 Å². The molecule has 2 heterocycles. The minimum absolute atomic E-state index is 0.141. The number of fused-ring (bicyclic) bond motifs is 1. The average Bonchev–Trinajstić information content (AvgIpc) is 2.98. The highest BCUT2D eigenvalue weighted by Crippen LogP contribution is 2.37. The molecule has 1 aromatic heterocycles. The first-order chi connectivity index (χ1) is 9.96. The SMILES string of the molecule is COc1cc2c(cc1-c1cc(CO)nn1C)CCS2(=O)=O. The zero-order valence-corrected chi connectivity index (χ0v) is 12.6. The Morgan fingerprint density at radius 3 is 2.76 bits per heavy atom. The highest BCUT2D eigenvalue weighted by atomic mass is 32.2. The lowest BCUT2D eigenvalue weighted by molar-refractivity contribution is 0.275. The molecule has 1 N–H and O–H groups in total. The number of rotatable bonds is 3. The Morgan fingerprint density at radius 1 is 1.38 bits per heavy atom. The van der Waals surface area contributed by atoms with E-state index < -0.39 is 9.84 Å². The van der Waals surface area contributed by atoms with Crippen LogP contribution in [0, 0.1) is 0 Å². The van der Waals surface area contributed by atoms with Crippen molar-refractivity contribution in [3.63, 3.8) is 0 Å². The van der Waals surface area contributed by atoms with Crippen LogP contribution in [0.1, 0.15) is 11.3 Å². The molecular formula is C14H16N2O4S. The van der Waals surface area contributed by atoms with E-state index in [0.29, 0.717) is 22.8 Å². The van der Waals surface area contributed by atoms with Gasteiger partial charge in [-0.15, -0.1) is 0 Å². The predicted molar refractivity (Wildman–Crippen MR) is 76.9 cm³/mol. The smallest absolute Gasteiger partial charge is 0.179 e. The molecule has 6 nitrogen and oxygen atoms in total. The Balaban J connectivity index is 2.22. The average molecular weight is 308 g/mol. The second-order valence-corrected chi connectivity index (χ2v) is 7.11. The molecule has 21 heavy (non-hydrogen) atoms. The molecule has 0 saturated carbocycles. The number of hydrogen-bond acceptors (Lipinski definition) is 5. The second-order valence-electron chi connectivity index (χ2n) is 5.03. The van der Waals surface area contributed by atoms with Crippen LogP contribution in [0.15, 0.2) is 23.1 Å². The lowest BCUT2D eigenvalue weighted by Crippen LogP contribution is -2.00. The third kappa shape index (κ3) is 2.22. The number of aryl methyl sites for hydroxylation is 2. The Labute approximate surface area is 122 Å². The number of nitrogens with zero attached hydrogens (tertiary/aromatic N) is 2. The van der Waals surface area contributed by atoms with Crippen LogP contribution in [-0.2, 0) is 29.9 Å². The van der Waals surface area contributed by atoms with Crippen molar-refractivity contribution >= 4 is 9.84 Å². The molecule has 7 heteroatoms. The molecule has 3 rings (SSSR count). The van der Waals surface area contributed by atoms with Crippen LogP contribution in [0.4, 0.5) is 0 Å². The Hall–Kier alpha value is -1.86. The van der Waals surface area contributed by atoms with E-state index in [1.54, 1.807) is 23.9 Å². The third-order valence-corrected chi connectivity index (χ3v) is 5.52. The van der Waals surface area contributed by atoms with Crippen LogP contribution in [-0.4, -0.2) is 36.2 Å². The number of hydrogen-bond donors (Lipinski definition) is 1. The number of methoxy groups -OCH3 is 1. The second kappa shape index (κ2) is 4.85. The number of ether oxygens (including phenoxy) is 1. The maximum atomic E-state index is 12.0. The number of aliphatic hydroxyl groups is 1. The Bertz CT molecular complexity index is 809. The molecular weight excluding hydrogens is 292 g/mol. The highest BCUT2D eigenvalue weighted by molar-refractivity contribution is 7.91. The first-order valence-electron chi connectivity index (χ1n) is 6.54. The highest BCUT2D eigenvalue weighted by Gasteiger charge is 2.28. The molecule has 2 aromatic rings. The van der Waals surface area contributed by atoms with Gasteiger partial charge in [-0.2, -0.15) is 5.10 Å². The van der Waals surface area contributed by atoms with Gasteiger partial charge in [0, 0.05) is 12.6 Å². The molecule has 112 valence electrons. The maximum Gasteiger partial charge on any atom is 0.179 e. The first kappa shape index (κ1) is 14.1. The standard InChI is InChI=1S/C14H16N2O4S/c1-16-12(6-10(8-17)15-16)11-5-9-3-4-21(18,19)14(9)7-13(11)20-2/h5-7,17H,3-4,8H2,1-2H3. The third-order valence-electron chi connectivity index (χ3n) is 3.73. The van der Waals surface area contributed by atoms with E-state index in [2.05, 4.69) is 5.10 Å². The van der Waals surface area contributed by atoms with Crippen molar-refractivity contribution in [1.82, 2.24) is 9.78 Å². The van der Waals surface area contributed by atoms with Crippen LogP contribution < -0.4 is 4.74 Å². The van der Waals surface area contributed by atoms with Gasteiger partial charge in [0.15, 0.2) is 9.84 Å². The van der Waals surface area contributed by atoms with Crippen molar-refractivity contribution in [3.8, 4) is 17.0 Å².